The molecule has 0 saturated carbocycles. The summed E-state index contributed by atoms with van der Waals surface area (Å²) in [6.07, 6.45) is 1.21. The summed E-state index contributed by atoms with van der Waals surface area (Å²) in [4.78, 5) is 43.5. The molecule has 18 heavy (non-hydrogen) atoms. The van der Waals surface area contributed by atoms with Gasteiger partial charge in [-0.05, 0) is 12.1 Å². The molecule has 0 bridgehead atoms. The number of hydrogen-bond acceptors (Lipinski definition) is 4. The molecule has 1 heterocycles. The molecule has 2 unspecified atom stereocenters. The normalized spacial score (nSPS) is 14.8. The summed E-state index contributed by atoms with van der Waals surface area (Å²) in [6, 6.07) is 4.07. The summed E-state index contributed by atoms with van der Waals surface area (Å²) in [7, 11) is -5.13. The van der Waals surface area contributed by atoms with Crippen LogP contribution in [0.2, 0.25) is 0 Å². The molecule has 8 nitrogen and oxygen atoms in total. The number of carboxylic acid groups (broad SMARTS) is 2. The van der Waals surface area contributed by atoms with Gasteiger partial charge >= 0.3 is 19.5 Å². The minimum absolute atomic E-state index is 0.222. The zero-order valence-electron chi connectivity index (χ0n) is 8.87. The molecule has 0 aliphatic carbocycles. The molecule has 0 saturated heterocycles. The summed E-state index contributed by atoms with van der Waals surface area (Å²) in [5.41, 5.74) is -2.59. The van der Waals surface area contributed by atoms with E-state index in [1.807, 2.05) is 0 Å². The molecule has 98 valence electrons. The Bertz CT molecular complexity index is 497. The van der Waals surface area contributed by atoms with Crippen LogP contribution >= 0.6 is 7.60 Å². The average molecular weight is 275 g/mol. The van der Waals surface area contributed by atoms with Gasteiger partial charge in [0.05, 0.1) is 5.69 Å². The van der Waals surface area contributed by atoms with Crippen LogP contribution in [-0.4, -0.2) is 42.6 Å². The molecule has 0 amide bonds. The fraction of sp³-hybridized carbons (Fsp3) is 0.222. The van der Waals surface area contributed by atoms with Crippen LogP contribution in [0.4, 0.5) is 0 Å². The van der Waals surface area contributed by atoms with Gasteiger partial charge in [-0.2, -0.15) is 0 Å². The van der Waals surface area contributed by atoms with Crippen LogP contribution in [0.3, 0.4) is 0 Å². The number of rotatable bonds is 5. The number of pyridine rings is 1. The highest BCUT2D eigenvalue weighted by Crippen LogP contribution is 2.47. The molecule has 0 spiro atoms. The first-order chi connectivity index (χ1) is 8.25. The van der Waals surface area contributed by atoms with Gasteiger partial charge in [-0.15, -0.1) is 0 Å². The van der Waals surface area contributed by atoms with Gasteiger partial charge in [0.1, 0.15) is 5.92 Å². The summed E-state index contributed by atoms with van der Waals surface area (Å²) >= 11 is 0. The van der Waals surface area contributed by atoms with Gasteiger partial charge < -0.3 is 20.0 Å². The second-order valence-corrected chi connectivity index (χ2v) is 5.18. The topological polar surface area (TPSA) is 145 Å². The molecule has 1 rings (SSSR count). The third-order valence-corrected chi connectivity index (χ3v) is 3.45. The minimum Gasteiger partial charge on any atom is -0.481 e. The lowest BCUT2D eigenvalue weighted by molar-refractivity contribution is -0.145. The smallest absolute Gasteiger partial charge is 0.341 e. The van der Waals surface area contributed by atoms with Crippen LogP contribution in [0.15, 0.2) is 24.4 Å². The maximum atomic E-state index is 11.1. The van der Waals surface area contributed by atoms with Crippen LogP contribution in [0.5, 0.6) is 0 Å². The lowest BCUT2D eigenvalue weighted by Gasteiger charge is -2.20. The first-order valence-electron chi connectivity index (χ1n) is 4.67. The lowest BCUT2D eigenvalue weighted by atomic mass is 10.0. The Balaban J connectivity index is 3.32. The first-order valence-corrected chi connectivity index (χ1v) is 6.35. The van der Waals surface area contributed by atoms with Crippen molar-refractivity contribution < 1.29 is 34.2 Å². The van der Waals surface area contributed by atoms with Gasteiger partial charge in [0.2, 0.25) is 0 Å². The fourth-order valence-corrected chi connectivity index (χ4v) is 2.42. The molecule has 1 aromatic heterocycles. The SMILES string of the molecule is O=C(O)C(c1ccccn1)C(C(=O)O)P(=O)(O)O. The number of carboxylic acids is 2. The highest BCUT2D eigenvalue weighted by Gasteiger charge is 2.47. The lowest BCUT2D eigenvalue weighted by Crippen LogP contribution is -2.33. The van der Waals surface area contributed by atoms with Crippen molar-refractivity contribution in [3.63, 3.8) is 0 Å². The van der Waals surface area contributed by atoms with E-state index in [1.165, 1.54) is 24.4 Å². The van der Waals surface area contributed by atoms with Gasteiger partial charge in [0, 0.05) is 6.20 Å². The molecule has 0 fully saturated rings. The molecule has 1 aromatic rings. The van der Waals surface area contributed by atoms with Gasteiger partial charge in [-0.1, -0.05) is 6.07 Å². The van der Waals surface area contributed by atoms with Crippen molar-refractivity contribution in [3.8, 4) is 0 Å². The Morgan fingerprint density at radius 1 is 1.17 bits per heavy atom. The van der Waals surface area contributed by atoms with Crippen LogP contribution in [0.1, 0.15) is 11.6 Å². The van der Waals surface area contributed by atoms with Crippen molar-refractivity contribution in [1.29, 1.82) is 0 Å². The Labute approximate surface area is 101 Å². The van der Waals surface area contributed by atoms with Crippen LogP contribution < -0.4 is 0 Å². The van der Waals surface area contributed by atoms with Crippen molar-refractivity contribution >= 4 is 19.5 Å². The molecule has 0 aliphatic heterocycles. The average Bonchev–Trinajstić information content (AvgIpc) is 2.24. The van der Waals surface area contributed by atoms with E-state index in [2.05, 4.69) is 4.98 Å². The largest absolute Gasteiger partial charge is 0.481 e. The van der Waals surface area contributed by atoms with E-state index in [0.29, 0.717) is 0 Å². The maximum Gasteiger partial charge on any atom is 0.341 e. The quantitative estimate of drug-likeness (QED) is 0.544. The van der Waals surface area contributed by atoms with E-state index in [4.69, 9.17) is 20.0 Å². The Kier molecular flexibility index (Phi) is 4.18. The van der Waals surface area contributed by atoms with Crippen molar-refractivity contribution in [3.05, 3.63) is 30.1 Å². The fourth-order valence-electron chi connectivity index (χ4n) is 1.46. The summed E-state index contributed by atoms with van der Waals surface area (Å²) in [5, 5.41) is 17.8. The Morgan fingerprint density at radius 2 is 1.78 bits per heavy atom. The molecule has 9 heteroatoms. The summed E-state index contributed by atoms with van der Waals surface area (Å²) in [6.45, 7) is 0. The number of carbonyl (C=O) groups is 2. The van der Waals surface area contributed by atoms with E-state index < -0.39 is 31.1 Å². The van der Waals surface area contributed by atoms with Crippen LogP contribution in [-0.2, 0) is 14.2 Å². The van der Waals surface area contributed by atoms with Crippen LogP contribution in [0.25, 0.3) is 0 Å². The third kappa shape index (κ3) is 3.13. The van der Waals surface area contributed by atoms with E-state index >= 15 is 0 Å². The molecule has 0 aromatic carbocycles. The first kappa shape index (κ1) is 14.3. The van der Waals surface area contributed by atoms with Crippen LogP contribution in [0, 0.1) is 0 Å². The summed E-state index contributed by atoms with van der Waals surface area (Å²) in [5.74, 6) is -5.46. The van der Waals surface area contributed by atoms with E-state index in [-0.39, 0.29) is 5.69 Å². The maximum absolute atomic E-state index is 11.1. The Morgan fingerprint density at radius 3 is 2.11 bits per heavy atom. The third-order valence-electron chi connectivity index (χ3n) is 2.20. The molecule has 0 aliphatic rings. The number of hydrogen-bond donors (Lipinski definition) is 4. The zero-order chi connectivity index (χ0) is 13.9. The monoisotopic (exact) mass is 275 g/mol. The molecule has 0 radical (unpaired) electrons. The predicted octanol–water partition coefficient (Wildman–Crippen LogP) is -0.119. The van der Waals surface area contributed by atoms with E-state index in [0.717, 1.165) is 0 Å². The van der Waals surface area contributed by atoms with E-state index in [1.54, 1.807) is 0 Å². The van der Waals surface area contributed by atoms with Crippen molar-refractivity contribution in [2.75, 3.05) is 0 Å². The number of aromatic nitrogens is 1. The van der Waals surface area contributed by atoms with Gasteiger partial charge in [0.15, 0.2) is 5.66 Å². The summed E-state index contributed by atoms with van der Waals surface area (Å²) < 4.78 is 11.1. The second-order valence-electron chi connectivity index (χ2n) is 3.44. The number of nitrogens with zero attached hydrogens (tertiary/aromatic N) is 1. The van der Waals surface area contributed by atoms with Gasteiger partial charge in [-0.25, -0.2) is 0 Å². The second kappa shape index (κ2) is 5.26. The standard InChI is InChI=1S/C9H10NO7P/c11-8(12)6(5-3-1-2-4-10-5)7(9(13)14)18(15,16)17/h1-4,6-7H,(H,11,12)(H,13,14)(H2,15,16,17). The van der Waals surface area contributed by atoms with E-state index in [9.17, 15) is 14.2 Å². The minimum atomic E-state index is -5.13. The van der Waals surface area contributed by atoms with Crippen molar-refractivity contribution in [1.82, 2.24) is 4.98 Å². The number of aliphatic carboxylic acids is 2. The molecule has 4 N–H and O–H groups in total. The molecule has 2 atom stereocenters. The van der Waals surface area contributed by atoms with Crippen molar-refractivity contribution in [2.24, 2.45) is 0 Å². The van der Waals surface area contributed by atoms with Gasteiger partial charge in [0.25, 0.3) is 0 Å². The highest BCUT2D eigenvalue weighted by atomic mass is 31.2. The van der Waals surface area contributed by atoms with Crippen molar-refractivity contribution in [2.45, 2.75) is 11.6 Å². The Hall–Kier alpha value is -1.76. The molecular weight excluding hydrogens is 265 g/mol. The zero-order valence-corrected chi connectivity index (χ0v) is 9.77. The predicted molar refractivity (Wildman–Crippen MR) is 58.1 cm³/mol. The highest BCUT2D eigenvalue weighted by molar-refractivity contribution is 7.53. The van der Waals surface area contributed by atoms with Gasteiger partial charge in [-0.3, -0.25) is 19.1 Å². The molecular formula is C9H10NO7P.